The van der Waals surface area contributed by atoms with Crippen molar-refractivity contribution in [1.29, 1.82) is 0 Å². The molecular formula is C17H28FNO. The predicted octanol–water partition coefficient (Wildman–Crippen LogP) is 4.53. The lowest BCUT2D eigenvalue weighted by atomic mass is 10.0. The molecule has 114 valence electrons. The van der Waals surface area contributed by atoms with Crippen LogP contribution >= 0.6 is 0 Å². The Morgan fingerprint density at radius 3 is 2.20 bits per heavy atom. The van der Waals surface area contributed by atoms with Crippen molar-refractivity contribution in [3.05, 3.63) is 29.6 Å². The van der Waals surface area contributed by atoms with E-state index in [-0.39, 0.29) is 5.82 Å². The number of hydrogen-bond acceptors (Lipinski definition) is 2. The van der Waals surface area contributed by atoms with Crippen molar-refractivity contribution in [3.8, 4) is 0 Å². The molecule has 0 aromatic heterocycles. The molecule has 0 amide bonds. The van der Waals surface area contributed by atoms with Gasteiger partial charge in [0.25, 0.3) is 0 Å². The molecule has 0 aliphatic heterocycles. The molecule has 0 fully saturated rings. The van der Waals surface area contributed by atoms with Gasteiger partial charge in [-0.3, -0.25) is 0 Å². The van der Waals surface area contributed by atoms with Gasteiger partial charge in [0.15, 0.2) is 0 Å². The van der Waals surface area contributed by atoms with Crippen LogP contribution in [0.15, 0.2) is 18.2 Å². The molecule has 2 nitrogen and oxygen atoms in total. The highest BCUT2D eigenvalue weighted by Gasteiger charge is 2.21. The fraction of sp³-hybridized carbons (Fsp3) is 0.647. The Morgan fingerprint density at radius 1 is 1.15 bits per heavy atom. The maximum atomic E-state index is 13.5. The Bertz CT molecular complexity index is 413. The van der Waals surface area contributed by atoms with Crippen LogP contribution in [0.4, 0.5) is 10.1 Å². The maximum Gasteiger partial charge on any atom is 0.123 e. The number of nitrogens with zero attached hydrogens (tertiary/aromatic N) is 1. The van der Waals surface area contributed by atoms with Crippen LogP contribution in [0.3, 0.4) is 0 Å². The van der Waals surface area contributed by atoms with E-state index in [1.54, 1.807) is 13.0 Å². The summed E-state index contributed by atoms with van der Waals surface area (Å²) in [6, 6.07) is 5.16. The summed E-state index contributed by atoms with van der Waals surface area (Å²) < 4.78 is 13.5. The minimum atomic E-state index is -0.662. The molecule has 1 aromatic carbocycles. The first-order chi connectivity index (χ1) is 9.40. The summed E-state index contributed by atoms with van der Waals surface area (Å²) >= 11 is 0. The van der Waals surface area contributed by atoms with Crippen molar-refractivity contribution in [2.24, 2.45) is 5.92 Å². The molecule has 1 atom stereocenters. The zero-order valence-corrected chi connectivity index (χ0v) is 13.4. The molecule has 0 saturated carbocycles. The monoisotopic (exact) mass is 281 g/mol. The largest absolute Gasteiger partial charge is 0.389 e. The number of anilines is 1. The lowest BCUT2D eigenvalue weighted by Gasteiger charge is -2.36. The third kappa shape index (κ3) is 4.20. The van der Waals surface area contributed by atoms with Gasteiger partial charge in [-0.05, 0) is 43.9 Å². The van der Waals surface area contributed by atoms with E-state index in [1.165, 1.54) is 12.1 Å². The van der Waals surface area contributed by atoms with Crippen LogP contribution in [-0.2, 0) is 0 Å². The summed E-state index contributed by atoms with van der Waals surface area (Å²) in [5, 5.41) is 9.95. The Labute approximate surface area is 122 Å². The third-order valence-corrected chi connectivity index (χ3v) is 3.69. The van der Waals surface area contributed by atoms with Gasteiger partial charge in [-0.1, -0.05) is 27.7 Å². The molecule has 3 heteroatoms. The lowest BCUT2D eigenvalue weighted by molar-refractivity contribution is 0.199. The molecule has 0 radical (unpaired) electrons. The van der Waals surface area contributed by atoms with Gasteiger partial charge in [-0.2, -0.15) is 0 Å². The molecule has 0 heterocycles. The van der Waals surface area contributed by atoms with E-state index in [9.17, 15) is 9.50 Å². The van der Waals surface area contributed by atoms with E-state index in [0.717, 1.165) is 25.1 Å². The SMILES string of the molecule is CCC(CC)N(CC(C)C)c1ccc(F)cc1[C@H](C)O. The normalized spacial score (nSPS) is 13.1. The van der Waals surface area contributed by atoms with Crippen LogP contribution in [0, 0.1) is 11.7 Å². The second-order valence-corrected chi connectivity index (χ2v) is 5.90. The molecule has 1 aromatic rings. The molecule has 0 aliphatic rings. The minimum Gasteiger partial charge on any atom is -0.389 e. The van der Waals surface area contributed by atoms with E-state index in [1.807, 2.05) is 0 Å². The van der Waals surface area contributed by atoms with Crippen molar-refractivity contribution >= 4 is 5.69 Å². The van der Waals surface area contributed by atoms with Crippen molar-refractivity contribution in [1.82, 2.24) is 0 Å². The minimum absolute atomic E-state index is 0.293. The Hall–Kier alpha value is -1.09. The average Bonchev–Trinajstić information content (AvgIpc) is 2.38. The molecule has 0 bridgehead atoms. The van der Waals surface area contributed by atoms with Crippen LogP contribution in [0.25, 0.3) is 0 Å². The van der Waals surface area contributed by atoms with Crippen molar-refractivity contribution in [2.45, 2.75) is 59.6 Å². The number of rotatable bonds is 7. The van der Waals surface area contributed by atoms with Gasteiger partial charge in [-0.25, -0.2) is 4.39 Å². The molecule has 0 aliphatic carbocycles. The van der Waals surface area contributed by atoms with Crippen LogP contribution in [0.2, 0.25) is 0 Å². The van der Waals surface area contributed by atoms with Gasteiger partial charge < -0.3 is 10.0 Å². The highest BCUT2D eigenvalue weighted by molar-refractivity contribution is 5.55. The molecule has 0 saturated heterocycles. The Balaban J connectivity index is 3.25. The first-order valence-corrected chi connectivity index (χ1v) is 7.64. The highest BCUT2D eigenvalue weighted by atomic mass is 19.1. The summed E-state index contributed by atoms with van der Waals surface area (Å²) in [5.41, 5.74) is 1.64. The molecule has 20 heavy (non-hydrogen) atoms. The maximum absolute atomic E-state index is 13.5. The number of aliphatic hydroxyl groups excluding tert-OH is 1. The molecule has 0 unspecified atom stereocenters. The van der Waals surface area contributed by atoms with E-state index in [2.05, 4.69) is 32.6 Å². The molecule has 0 spiro atoms. The average molecular weight is 281 g/mol. The third-order valence-electron chi connectivity index (χ3n) is 3.69. The smallest absolute Gasteiger partial charge is 0.123 e. The Morgan fingerprint density at radius 2 is 1.75 bits per heavy atom. The van der Waals surface area contributed by atoms with Gasteiger partial charge >= 0.3 is 0 Å². The van der Waals surface area contributed by atoms with E-state index >= 15 is 0 Å². The summed E-state index contributed by atoms with van der Waals surface area (Å²) in [7, 11) is 0. The van der Waals surface area contributed by atoms with Crippen LogP contribution in [0.5, 0.6) is 0 Å². The van der Waals surface area contributed by atoms with Gasteiger partial charge in [-0.15, -0.1) is 0 Å². The van der Waals surface area contributed by atoms with Crippen LogP contribution in [0.1, 0.15) is 59.1 Å². The van der Waals surface area contributed by atoms with Gasteiger partial charge in [0.1, 0.15) is 5.82 Å². The summed E-state index contributed by atoms with van der Waals surface area (Å²) in [4.78, 5) is 2.33. The molecule has 1 N–H and O–H groups in total. The van der Waals surface area contributed by atoms with Crippen molar-refractivity contribution in [3.63, 3.8) is 0 Å². The van der Waals surface area contributed by atoms with Crippen LogP contribution in [-0.4, -0.2) is 17.7 Å². The fourth-order valence-electron chi connectivity index (χ4n) is 2.69. The quantitative estimate of drug-likeness (QED) is 0.793. The zero-order valence-electron chi connectivity index (χ0n) is 13.4. The number of hydrogen-bond donors (Lipinski definition) is 1. The van der Waals surface area contributed by atoms with E-state index < -0.39 is 6.10 Å². The summed E-state index contributed by atoms with van der Waals surface area (Å²) in [5.74, 6) is 0.223. The molecular weight excluding hydrogens is 253 g/mol. The number of aliphatic hydroxyl groups is 1. The van der Waals surface area contributed by atoms with Crippen molar-refractivity contribution in [2.75, 3.05) is 11.4 Å². The number of benzene rings is 1. The Kier molecular flexibility index (Phi) is 6.47. The van der Waals surface area contributed by atoms with Crippen molar-refractivity contribution < 1.29 is 9.50 Å². The highest BCUT2D eigenvalue weighted by Crippen LogP contribution is 2.30. The van der Waals surface area contributed by atoms with E-state index in [0.29, 0.717) is 17.5 Å². The summed E-state index contributed by atoms with van der Waals surface area (Å²) in [6.07, 6.45) is 1.42. The van der Waals surface area contributed by atoms with Gasteiger partial charge in [0.05, 0.1) is 6.10 Å². The van der Waals surface area contributed by atoms with Crippen LogP contribution < -0.4 is 4.90 Å². The second-order valence-electron chi connectivity index (χ2n) is 5.90. The van der Waals surface area contributed by atoms with E-state index in [4.69, 9.17) is 0 Å². The molecule has 1 rings (SSSR count). The lowest BCUT2D eigenvalue weighted by Crippen LogP contribution is -2.38. The predicted molar refractivity (Wildman–Crippen MR) is 83.6 cm³/mol. The zero-order chi connectivity index (χ0) is 15.3. The summed E-state index contributed by atoms with van der Waals surface area (Å²) in [6.45, 7) is 11.3. The first-order valence-electron chi connectivity index (χ1n) is 7.64. The topological polar surface area (TPSA) is 23.5 Å². The van der Waals surface area contributed by atoms with Gasteiger partial charge in [0, 0.05) is 23.8 Å². The first kappa shape index (κ1) is 17.0. The standard InChI is InChI=1S/C17H28FNO/c1-6-15(7-2)19(11-12(3)4)17-9-8-14(18)10-16(17)13(5)20/h8-10,12-13,15,20H,6-7,11H2,1-5H3/t13-/m0/s1. The number of halogens is 1. The van der Waals surface area contributed by atoms with Gasteiger partial charge in [0.2, 0.25) is 0 Å². The fourth-order valence-corrected chi connectivity index (χ4v) is 2.69. The second kappa shape index (κ2) is 7.63.